The molecule has 3 N–H and O–H groups in total. The first kappa shape index (κ1) is 11.5. The molecule has 0 aliphatic heterocycles. The van der Waals surface area contributed by atoms with Gasteiger partial charge in [0, 0.05) is 4.88 Å². The summed E-state index contributed by atoms with van der Waals surface area (Å²) in [5, 5.41) is 5.72. The van der Waals surface area contributed by atoms with Crippen molar-refractivity contribution in [2.75, 3.05) is 11.1 Å². The van der Waals surface area contributed by atoms with Crippen LogP contribution in [0.3, 0.4) is 0 Å². The van der Waals surface area contributed by atoms with Gasteiger partial charge >= 0.3 is 0 Å². The van der Waals surface area contributed by atoms with Gasteiger partial charge in [0.25, 0.3) is 0 Å². The quantitative estimate of drug-likeness (QED) is 0.867. The minimum atomic E-state index is 0.399. The largest absolute Gasteiger partial charge is 0.397 e. The lowest BCUT2D eigenvalue weighted by Gasteiger charge is -2.24. The zero-order valence-electron chi connectivity index (χ0n) is 10.4. The number of aromatic nitrogens is 1. The number of nitrogens with two attached hydrogens (primary N) is 1. The molecule has 0 spiro atoms. The highest BCUT2D eigenvalue weighted by atomic mass is 32.1. The molecule has 3 rings (SSSR count). The molecule has 0 saturated carbocycles. The van der Waals surface area contributed by atoms with Crippen molar-refractivity contribution in [1.82, 2.24) is 4.98 Å². The van der Waals surface area contributed by atoms with Crippen LogP contribution >= 0.6 is 11.3 Å². The van der Waals surface area contributed by atoms with E-state index in [0.717, 1.165) is 17.1 Å². The van der Waals surface area contributed by atoms with E-state index in [1.54, 1.807) is 6.20 Å². The van der Waals surface area contributed by atoms with Crippen LogP contribution in [0.5, 0.6) is 0 Å². The van der Waals surface area contributed by atoms with Gasteiger partial charge in [0.2, 0.25) is 0 Å². The van der Waals surface area contributed by atoms with E-state index in [0.29, 0.717) is 6.04 Å². The third-order valence-electron chi connectivity index (χ3n) is 3.53. The molecule has 94 valence electrons. The average Bonchev–Trinajstić information content (AvgIpc) is 2.83. The topological polar surface area (TPSA) is 50.9 Å². The number of nitrogen functional groups attached to an aromatic ring is 1. The monoisotopic (exact) mass is 259 g/mol. The maximum absolute atomic E-state index is 5.79. The van der Waals surface area contributed by atoms with Gasteiger partial charge in [-0.15, -0.1) is 11.3 Å². The standard InChI is InChI=1S/C14H17N3S/c1-9-7-14(16-8-11(9)15)17-12-3-2-4-13-10(12)5-6-18-13/h5-8,12H,2-4,15H2,1H3,(H,16,17). The molecule has 0 amide bonds. The first-order chi connectivity index (χ1) is 8.74. The van der Waals surface area contributed by atoms with Crippen molar-refractivity contribution in [3.05, 3.63) is 39.7 Å². The van der Waals surface area contributed by atoms with E-state index in [1.807, 2.05) is 24.3 Å². The van der Waals surface area contributed by atoms with Crippen molar-refractivity contribution in [2.24, 2.45) is 0 Å². The minimum Gasteiger partial charge on any atom is -0.397 e. The minimum absolute atomic E-state index is 0.399. The molecular formula is C14H17N3S. The lowest BCUT2D eigenvalue weighted by Crippen LogP contribution is -2.16. The summed E-state index contributed by atoms with van der Waals surface area (Å²) in [7, 11) is 0. The normalized spacial score (nSPS) is 18.4. The highest BCUT2D eigenvalue weighted by Gasteiger charge is 2.21. The second-order valence-corrected chi connectivity index (χ2v) is 5.82. The van der Waals surface area contributed by atoms with Gasteiger partial charge in [-0.05, 0) is 54.8 Å². The van der Waals surface area contributed by atoms with Gasteiger partial charge in [-0.3, -0.25) is 0 Å². The van der Waals surface area contributed by atoms with Crippen LogP contribution in [0, 0.1) is 6.92 Å². The highest BCUT2D eigenvalue weighted by Crippen LogP contribution is 2.35. The molecule has 0 bridgehead atoms. The molecule has 1 aliphatic rings. The molecule has 3 nitrogen and oxygen atoms in total. The number of aryl methyl sites for hydroxylation is 2. The van der Waals surface area contributed by atoms with Crippen LogP contribution in [0.15, 0.2) is 23.7 Å². The van der Waals surface area contributed by atoms with Crippen molar-refractivity contribution in [2.45, 2.75) is 32.2 Å². The van der Waals surface area contributed by atoms with Gasteiger partial charge in [-0.1, -0.05) is 0 Å². The SMILES string of the molecule is Cc1cc(NC2CCCc3sccc32)ncc1N. The molecule has 18 heavy (non-hydrogen) atoms. The Bertz CT molecular complexity index is 562. The fourth-order valence-corrected chi connectivity index (χ4v) is 3.45. The van der Waals surface area contributed by atoms with E-state index >= 15 is 0 Å². The number of rotatable bonds is 2. The molecule has 0 saturated heterocycles. The lowest BCUT2D eigenvalue weighted by molar-refractivity contribution is 0.607. The number of fused-ring (bicyclic) bond motifs is 1. The summed E-state index contributed by atoms with van der Waals surface area (Å²) >= 11 is 1.86. The first-order valence-corrected chi connectivity index (χ1v) is 7.17. The van der Waals surface area contributed by atoms with Crippen LogP contribution in [0.2, 0.25) is 0 Å². The molecule has 2 aromatic heterocycles. The molecular weight excluding hydrogens is 242 g/mol. The predicted molar refractivity (Wildman–Crippen MR) is 77.0 cm³/mol. The Hall–Kier alpha value is -1.55. The molecule has 1 unspecified atom stereocenters. The van der Waals surface area contributed by atoms with Crippen LogP contribution in [0.4, 0.5) is 11.5 Å². The van der Waals surface area contributed by atoms with Gasteiger partial charge in [0.1, 0.15) is 5.82 Å². The van der Waals surface area contributed by atoms with Gasteiger partial charge in [-0.2, -0.15) is 0 Å². The molecule has 2 aromatic rings. The molecule has 1 aliphatic carbocycles. The van der Waals surface area contributed by atoms with Crippen molar-refractivity contribution >= 4 is 22.8 Å². The molecule has 0 aromatic carbocycles. The maximum Gasteiger partial charge on any atom is 0.126 e. The van der Waals surface area contributed by atoms with Gasteiger partial charge in [0.05, 0.1) is 17.9 Å². The van der Waals surface area contributed by atoms with E-state index in [1.165, 1.54) is 29.7 Å². The summed E-state index contributed by atoms with van der Waals surface area (Å²) in [6.45, 7) is 2.01. The van der Waals surface area contributed by atoms with Crippen molar-refractivity contribution < 1.29 is 0 Å². The molecule has 0 fully saturated rings. The molecule has 0 radical (unpaired) electrons. The van der Waals surface area contributed by atoms with Crippen LogP contribution in [-0.4, -0.2) is 4.98 Å². The summed E-state index contributed by atoms with van der Waals surface area (Å²) in [4.78, 5) is 5.88. The van der Waals surface area contributed by atoms with E-state index in [9.17, 15) is 0 Å². The highest BCUT2D eigenvalue weighted by molar-refractivity contribution is 7.10. The summed E-state index contributed by atoms with van der Waals surface area (Å²) in [5.74, 6) is 0.922. The molecule has 1 atom stereocenters. The second-order valence-electron chi connectivity index (χ2n) is 4.81. The zero-order chi connectivity index (χ0) is 12.5. The third-order valence-corrected chi connectivity index (χ3v) is 4.52. The van der Waals surface area contributed by atoms with Crippen molar-refractivity contribution in [1.29, 1.82) is 0 Å². The Labute approximate surface area is 111 Å². The first-order valence-electron chi connectivity index (χ1n) is 6.29. The third kappa shape index (κ3) is 2.08. The van der Waals surface area contributed by atoms with Crippen LogP contribution in [0.25, 0.3) is 0 Å². The van der Waals surface area contributed by atoms with Crippen molar-refractivity contribution in [3.63, 3.8) is 0 Å². The number of anilines is 2. The number of thiophene rings is 1. The van der Waals surface area contributed by atoms with E-state index in [4.69, 9.17) is 5.73 Å². The summed E-state index contributed by atoms with van der Waals surface area (Å²) in [5.41, 5.74) is 9.07. The van der Waals surface area contributed by atoms with Gasteiger partial charge in [-0.25, -0.2) is 4.98 Å². The van der Waals surface area contributed by atoms with Crippen molar-refractivity contribution in [3.8, 4) is 0 Å². The van der Waals surface area contributed by atoms with Gasteiger partial charge < -0.3 is 11.1 Å². The number of pyridine rings is 1. The summed E-state index contributed by atoms with van der Waals surface area (Å²) in [6.07, 6.45) is 5.38. The summed E-state index contributed by atoms with van der Waals surface area (Å²) in [6, 6.07) is 4.66. The van der Waals surface area contributed by atoms with Crippen LogP contribution in [0.1, 0.15) is 34.9 Å². The average molecular weight is 259 g/mol. The molecule has 2 heterocycles. The van der Waals surface area contributed by atoms with E-state index in [-0.39, 0.29) is 0 Å². The smallest absolute Gasteiger partial charge is 0.126 e. The number of nitrogens with one attached hydrogen (secondary N) is 1. The maximum atomic E-state index is 5.79. The van der Waals surface area contributed by atoms with Crippen LogP contribution < -0.4 is 11.1 Å². The Morgan fingerprint density at radius 1 is 1.50 bits per heavy atom. The predicted octanol–water partition coefficient (Wildman–Crippen LogP) is 3.52. The fraction of sp³-hybridized carbons (Fsp3) is 0.357. The Kier molecular flexibility index (Phi) is 2.96. The number of hydrogen-bond acceptors (Lipinski definition) is 4. The molecule has 4 heteroatoms. The Morgan fingerprint density at radius 2 is 2.39 bits per heavy atom. The zero-order valence-corrected chi connectivity index (χ0v) is 11.3. The van der Waals surface area contributed by atoms with Gasteiger partial charge in [0.15, 0.2) is 0 Å². The Balaban J connectivity index is 1.84. The number of nitrogens with zero attached hydrogens (tertiary/aromatic N) is 1. The lowest BCUT2D eigenvalue weighted by atomic mass is 9.94. The summed E-state index contributed by atoms with van der Waals surface area (Å²) < 4.78 is 0. The second kappa shape index (κ2) is 4.61. The fourth-order valence-electron chi connectivity index (χ4n) is 2.46. The Morgan fingerprint density at radius 3 is 3.22 bits per heavy atom. The number of hydrogen-bond donors (Lipinski definition) is 2. The van der Waals surface area contributed by atoms with E-state index < -0.39 is 0 Å². The van der Waals surface area contributed by atoms with E-state index in [2.05, 4.69) is 21.7 Å². The van der Waals surface area contributed by atoms with Crippen LogP contribution in [-0.2, 0) is 6.42 Å².